The summed E-state index contributed by atoms with van der Waals surface area (Å²) in [5.74, 6) is 1.50. The highest BCUT2D eigenvalue weighted by Crippen LogP contribution is 2.27. The smallest absolute Gasteiger partial charge is 0.161 e. The van der Waals surface area contributed by atoms with Crippen molar-refractivity contribution in [3.63, 3.8) is 0 Å². The lowest BCUT2D eigenvalue weighted by molar-refractivity contribution is 0.355. The lowest BCUT2D eigenvalue weighted by atomic mass is 10.1. The van der Waals surface area contributed by atoms with Crippen LogP contribution in [-0.2, 0) is 0 Å². The predicted octanol–water partition coefficient (Wildman–Crippen LogP) is 2.46. The maximum atomic E-state index is 5.42. The third-order valence-electron chi connectivity index (χ3n) is 2.29. The van der Waals surface area contributed by atoms with E-state index in [2.05, 4.69) is 12.2 Å². The molecule has 0 aromatic heterocycles. The quantitative estimate of drug-likeness (QED) is 0.750. The van der Waals surface area contributed by atoms with Crippen LogP contribution in [0.1, 0.15) is 18.4 Å². The Bertz CT molecular complexity index is 348. The Hall–Kier alpha value is -1.48. The Balaban J connectivity index is 2.71. The molecule has 0 amide bonds. The van der Waals surface area contributed by atoms with Crippen LogP contribution < -0.4 is 15.2 Å². The normalized spacial score (nSPS) is 10.7. The summed E-state index contributed by atoms with van der Waals surface area (Å²) in [6.45, 7) is 0.732. The summed E-state index contributed by atoms with van der Waals surface area (Å²) in [6, 6.07) is 5.86. The first-order chi connectivity index (χ1) is 7.81. The first-order valence-corrected chi connectivity index (χ1v) is 5.40. The average molecular weight is 221 g/mol. The van der Waals surface area contributed by atoms with E-state index in [9.17, 15) is 0 Å². The first-order valence-electron chi connectivity index (χ1n) is 5.40. The SMILES string of the molecule is COc1ccc(/C=C/CCCN)cc1OC. The van der Waals surface area contributed by atoms with E-state index < -0.39 is 0 Å². The Morgan fingerprint density at radius 1 is 1.19 bits per heavy atom. The molecule has 0 aliphatic heterocycles. The monoisotopic (exact) mass is 221 g/mol. The van der Waals surface area contributed by atoms with Crippen LogP contribution in [0.5, 0.6) is 11.5 Å². The fourth-order valence-corrected chi connectivity index (χ4v) is 1.41. The molecule has 3 heteroatoms. The fraction of sp³-hybridized carbons (Fsp3) is 0.385. The lowest BCUT2D eigenvalue weighted by Crippen LogP contribution is -1.96. The van der Waals surface area contributed by atoms with Gasteiger partial charge in [0, 0.05) is 0 Å². The van der Waals surface area contributed by atoms with Crippen molar-refractivity contribution in [3.8, 4) is 11.5 Å². The Morgan fingerprint density at radius 2 is 1.94 bits per heavy atom. The minimum atomic E-state index is 0.732. The van der Waals surface area contributed by atoms with E-state index >= 15 is 0 Å². The summed E-state index contributed by atoms with van der Waals surface area (Å²) >= 11 is 0. The topological polar surface area (TPSA) is 44.5 Å². The molecule has 88 valence electrons. The van der Waals surface area contributed by atoms with Gasteiger partial charge < -0.3 is 15.2 Å². The number of benzene rings is 1. The summed E-state index contributed by atoms with van der Waals surface area (Å²) in [7, 11) is 3.27. The van der Waals surface area contributed by atoms with Gasteiger partial charge in [0.05, 0.1) is 14.2 Å². The molecule has 2 N–H and O–H groups in total. The van der Waals surface area contributed by atoms with Crippen molar-refractivity contribution in [2.24, 2.45) is 5.73 Å². The van der Waals surface area contributed by atoms with Crippen LogP contribution in [0.15, 0.2) is 24.3 Å². The average Bonchev–Trinajstić information content (AvgIpc) is 2.34. The molecule has 0 bridgehead atoms. The number of ether oxygens (including phenoxy) is 2. The van der Waals surface area contributed by atoms with Gasteiger partial charge in [0.25, 0.3) is 0 Å². The molecule has 0 saturated carbocycles. The maximum Gasteiger partial charge on any atom is 0.161 e. The van der Waals surface area contributed by atoms with E-state index in [4.69, 9.17) is 15.2 Å². The van der Waals surface area contributed by atoms with Crippen LogP contribution in [-0.4, -0.2) is 20.8 Å². The molecule has 0 radical (unpaired) electrons. The molecule has 0 unspecified atom stereocenters. The van der Waals surface area contributed by atoms with E-state index in [1.165, 1.54) is 0 Å². The van der Waals surface area contributed by atoms with Crippen LogP contribution in [0.3, 0.4) is 0 Å². The Morgan fingerprint density at radius 3 is 2.56 bits per heavy atom. The molecule has 1 rings (SSSR count). The van der Waals surface area contributed by atoms with E-state index in [-0.39, 0.29) is 0 Å². The zero-order chi connectivity index (χ0) is 11.8. The lowest BCUT2D eigenvalue weighted by Gasteiger charge is -2.07. The van der Waals surface area contributed by atoms with Gasteiger partial charge in [0.1, 0.15) is 0 Å². The van der Waals surface area contributed by atoms with Crippen LogP contribution >= 0.6 is 0 Å². The molecule has 1 aromatic carbocycles. The van der Waals surface area contributed by atoms with Crippen molar-refractivity contribution in [1.82, 2.24) is 0 Å². The number of allylic oxidation sites excluding steroid dienone is 1. The van der Waals surface area contributed by atoms with Crippen LogP contribution in [0, 0.1) is 0 Å². The molecule has 0 aliphatic rings. The summed E-state index contributed by atoms with van der Waals surface area (Å²) in [6.07, 6.45) is 6.21. The third-order valence-corrected chi connectivity index (χ3v) is 2.29. The second-order valence-electron chi connectivity index (χ2n) is 3.45. The summed E-state index contributed by atoms with van der Waals surface area (Å²) < 4.78 is 10.4. The zero-order valence-corrected chi connectivity index (χ0v) is 9.90. The van der Waals surface area contributed by atoms with Crippen molar-refractivity contribution in [1.29, 1.82) is 0 Å². The van der Waals surface area contributed by atoms with E-state index in [1.54, 1.807) is 14.2 Å². The molecule has 0 heterocycles. The van der Waals surface area contributed by atoms with Crippen molar-refractivity contribution in [2.75, 3.05) is 20.8 Å². The first kappa shape index (κ1) is 12.6. The maximum absolute atomic E-state index is 5.42. The molecule has 0 fully saturated rings. The van der Waals surface area contributed by atoms with Gasteiger partial charge in [0.15, 0.2) is 11.5 Å². The molecule has 0 saturated heterocycles. The second kappa shape index (κ2) is 6.90. The van der Waals surface area contributed by atoms with Crippen molar-refractivity contribution in [2.45, 2.75) is 12.8 Å². The van der Waals surface area contributed by atoms with Crippen molar-refractivity contribution in [3.05, 3.63) is 29.8 Å². The molecule has 1 aromatic rings. The predicted molar refractivity (Wildman–Crippen MR) is 66.9 cm³/mol. The standard InChI is InChI=1S/C13H19NO2/c1-15-12-8-7-11(10-13(12)16-2)6-4-3-5-9-14/h4,6-8,10H,3,5,9,14H2,1-2H3/b6-4+. The van der Waals surface area contributed by atoms with Gasteiger partial charge in [-0.3, -0.25) is 0 Å². The second-order valence-corrected chi connectivity index (χ2v) is 3.45. The van der Waals surface area contributed by atoms with Gasteiger partial charge in [-0.15, -0.1) is 0 Å². The number of hydrogen-bond donors (Lipinski definition) is 1. The highest BCUT2D eigenvalue weighted by molar-refractivity contribution is 5.55. The molecular weight excluding hydrogens is 202 g/mol. The number of unbranched alkanes of at least 4 members (excludes halogenated alkanes) is 1. The van der Waals surface area contributed by atoms with E-state index in [0.29, 0.717) is 0 Å². The molecule has 3 nitrogen and oxygen atoms in total. The molecule has 0 spiro atoms. The van der Waals surface area contributed by atoms with Gasteiger partial charge in [-0.05, 0) is 37.1 Å². The largest absolute Gasteiger partial charge is 0.493 e. The zero-order valence-electron chi connectivity index (χ0n) is 9.90. The van der Waals surface area contributed by atoms with Gasteiger partial charge in [-0.2, -0.15) is 0 Å². The number of rotatable bonds is 6. The number of hydrogen-bond acceptors (Lipinski definition) is 3. The highest BCUT2D eigenvalue weighted by atomic mass is 16.5. The molecular formula is C13H19NO2. The third kappa shape index (κ3) is 3.59. The fourth-order valence-electron chi connectivity index (χ4n) is 1.41. The molecule has 0 atom stereocenters. The van der Waals surface area contributed by atoms with Crippen LogP contribution in [0.4, 0.5) is 0 Å². The molecule has 0 aliphatic carbocycles. The highest BCUT2D eigenvalue weighted by Gasteiger charge is 2.02. The van der Waals surface area contributed by atoms with Gasteiger partial charge in [-0.25, -0.2) is 0 Å². The van der Waals surface area contributed by atoms with E-state index in [0.717, 1.165) is 36.4 Å². The van der Waals surface area contributed by atoms with E-state index in [1.807, 2.05) is 18.2 Å². The van der Waals surface area contributed by atoms with Crippen molar-refractivity contribution >= 4 is 6.08 Å². The molecule has 16 heavy (non-hydrogen) atoms. The van der Waals surface area contributed by atoms with Gasteiger partial charge in [0.2, 0.25) is 0 Å². The Kier molecular flexibility index (Phi) is 5.43. The van der Waals surface area contributed by atoms with Crippen LogP contribution in [0.2, 0.25) is 0 Å². The number of nitrogens with two attached hydrogens (primary N) is 1. The summed E-state index contributed by atoms with van der Waals surface area (Å²) in [5, 5.41) is 0. The van der Waals surface area contributed by atoms with Crippen LogP contribution in [0.25, 0.3) is 6.08 Å². The van der Waals surface area contributed by atoms with Gasteiger partial charge in [-0.1, -0.05) is 18.2 Å². The summed E-state index contributed by atoms with van der Waals surface area (Å²) in [5.41, 5.74) is 6.53. The minimum absolute atomic E-state index is 0.732. The number of methoxy groups -OCH3 is 2. The van der Waals surface area contributed by atoms with Gasteiger partial charge >= 0.3 is 0 Å². The Labute approximate surface area is 96.9 Å². The van der Waals surface area contributed by atoms with Crippen molar-refractivity contribution < 1.29 is 9.47 Å². The minimum Gasteiger partial charge on any atom is -0.493 e. The summed E-state index contributed by atoms with van der Waals surface area (Å²) in [4.78, 5) is 0.